The van der Waals surface area contributed by atoms with Crippen LogP contribution in [0.2, 0.25) is 0 Å². The molecule has 0 radical (unpaired) electrons. The van der Waals surface area contributed by atoms with Crippen molar-refractivity contribution in [2.24, 2.45) is 5.41 Å². The van der Waals surface area contributed by atoms with E-state index in [1.165, 1.54) is 0 Å². The molecule has 1 N–H and O–H groups in total. The summed E-state index contributed by atoms with van der Waals surface area (Å²) in [5.41, 5.74) is 0.316. The molecule has 19 heavy (non-hydrogen) atoms. The second kappa shape index (κ2) is 5.61. The molecule has 1 aromatic rings. The molecule has 1 saturated heterocycles. The van der Waals surface area contributed by atoms with E-state index in [1.54, 1.807) is 0 Å². The zero-order valence-electron chi connectivity index (χ0n) is 12.8. The van der Waals surface area contributed by atoms with Crippen LogP contribution in [0.15, 0.2) is 4.52 Å². The van der Waals surface area contributed by atoms with Crippen LogP contribution in [0.1, 0.15) is 65.1 Å². The monoisotopic (exact) mass is 265 g/mol. The third kappa shape index (κ3) is 3.56. The van der Waals surface area contributed by atoms with Crippen LogP contribution < -0.4 is 5.32 Å². The van der Waals surface area contributed by atoms with Gasteiger partial charge in [0.2, 0.25) is 5.89 Å². The predicted molar refractivity (Wildman–Crippen MR) is 76.1 cm³/mol. The van der Waals surface area contributed by atoms with E-state index < -0.39 is 0 Å². The molecule has 2 heterocycles. The molecule has 0 amide bonds. The molecule has 4 nitrogen and oxygen atoms in total. The van der Waals surface area contributed by atoms with E-state index >= 15 is 0 Å². The maximum Gasteiger partial charge on any atom is 0.232 e. The highest BCUT2D eigenvalue weighted by molar-refractivity contribution is 5.08. The van der Waals surface area contributed by atoms with Crippen LogP contribution in [-0.2, 0) is 11.8 Å². The molecular formula is C15H27N3O. The Morgan fingerprint density at radius 3 is 2.53 bits per heavy atom. The Balaban J connectivity index is 2.18. The van der Waals surface area contributed by atoms with Gasteiger partial charge in [-0.1, -0.05) is 39.3 Å². The molecular weight excluding hydrogens is 238 g/mol. The van der Waals surface area contributed by atoms with Crippen molar-refractivity contribution in [3.63, 3.8) is 0 Å². The predicted octanol–water partition coefficient (Wildman–Crippen LogP) is 3.08. The van der Waals surface area contributed by atoms with Gasteiger partial charge in [0, 0.05) is 6.42 Å². The molecule has 0 spiro atoms. The SMILES string of the molecule is CCCC1(c2nc(CC(C)(C)C)no2)CCNCC1. The van der Waals surface area contributed by atoms with Gasteiger partial charge in [0.05, 0.1) is 5.41 Å². The Bertz CT molecular complexity index is 394. The first-order chi connectivity index (χ1) is 8.95. The minimum absolute atomic E-state index is 0.114. The summed E-state index contributed by atoms with van der Waals surface area (Å²) in [6.07, 6.45) is 5.40. The van der Waals surface area contributed by atoms with Crippen LogP contribution in [0, 0.1) is 5.41 Å². The number of nitrogens with zero attached hydrogens (tertiary/aromatic N) is 2. The first kappa shape index (κ1) is 14.5. The van der Waals surface area contributed by atoms with Crippen molar-refractivity contribution in [3.8, 4) is 0 Å². The normalized spacial score (nSPS) is 19.6. The fraction of sp³-hybridized carbons (Fsp3) is 0.867. The van der Waals surface area contributed by atoms with Gasteiger partial charge in [0.1, 0.15) is 0 Å². The molecule has 0 atom stereocenters. The lowest BCUT2D eigenvalue weighted by Gasteiger charge is -2.34. The number of nitrogens with one attached hydrogen (secondary N) is 1. The van der Waals surface area contributed by atoms with E-state index in [9.17, 15) is 0 Å². The number of piperidine rings is 1. The Morgan fingerprint density at radius 2 is 1.95 bits per heavy atom. The third-order valence-electron chi connectivity index (χ3n) is 3.90. The molecule has 0 aliphatic carbocycles. The summed E-state index contributed by atoms with van der Waals surface area (Å²) in [5, 5.41) is 7.62. The number of rotatable bonds is 4. The van der Waals surface area contributed by atoms with Gasteiger partial charge in [-0.05, 0) is 37.8 Å². The van der Waals surface area contributed by atoms with E-state index in [-0.39, 0.29) is 10.8 Å². The standard InChI is InChI=1S/C15H27N3O/c1-5-6-15(7-9-16-10-8-15)13-17-12(18-19-13)11-14(2,3)4/h16H,5-11H2,1-4H3. The van der Waals surface area contributed by atoms with E-state index in [4.69, 9.17) is 9.51 Å². The van der Waals surface area contributed by atoms with Crippen molar-refractivity contribution in [1.82, 2.24) is 15.5 Å². The second-order valence-corrected chi connectivity index (χ2v) is 7.03. The summed E-state index contributed by atoms with van der Waals surface area (Å²) < 4.78 is 5.62. The van der Waals surface area contributed by atoms with E-state index in [1.807, 2.05) is 0 Å². The molecule has 1 fully saturated rings. The van der Waals surface area contributed by atoms with E-state index in [2.05, 4.69) is 38.2 Å². The Kier molecular flexibility index (Phi) is 4.29. The Labute approximate surface area is 116 Å². The lowest BCUT2D eigenvalue weighted by molar-refractivity contribution is 0.208. The van der Waals surface area contributed by atoms with Crippen LogP contribution in [0.5, 0.6) is 0 Å². The van der Waals surface area contributed by atoms with Gasteiger partial charge in [-0.25, -0.2) is 0 Å². The van der Waals surface area contributed by atoms with Gasteiger partial charge in [0.15, 0.2) is 5.82 Å². The van der Waals surface area contributed by atoms with Crippen molar-refractivity contribution < 1.29 is 4.52 Å². The topological polar surface area (TPSA) is 51.0 Å². The average Bonchev–Trinajstić information content (AvgIpc) is 2.77. The molecule has 0 unspecified atom stereocenters. The van der Waals surface area contributed by atoms with Crippen molar-refractivity contribution in [3.05, 3.63) is 11.7 Å². The van der Waals surface area contributed by atoms with Crippen molar-refractivity contribution >= 4 is 0 Å². The summed E-state index contributed by atoms with van der Waals surface area (Å²) in [6.45, 7) is 10.9. The third-order valence-corrected chi connectivity index (χ3v) is 3.90. The van der Waals surface area contributed by atoms with Crippen LogP contribution in [-0.4, -0.2) is 23.2 Å². The largest absolute Gasteiger partial charge is 0.339 e. The van der Waals surface area contributed by atoms with Gasteiger partial charge in [-0.15, -0.1) is 0 Å². The molecule has 0 bridgehead atoms. The summed E-state index contributed by atoms with van der Waals surface area (Å²) >= 11 is 0. The average molecular weight is 265 g/mol. The minimum atomic E-state index is 0.114. The number of aromatic nitrogens is 2. The lowest BCUT2D eigenvalue weighted by Crippen LogP contribution is -2.40. The zero-order valence-corrected chi connectivity index (χ0v) is 12.8. The summed E-state index contributed by atoms with van der Waals surface area (Å²) in [4.78, 5) is 4.70. The fourth-order valence-corrected chi connectivity index (χ4v) is 2.97. The van der Waals surface area contributed by atoms with Crippen LogP contribution in [0.3, 0.4) is 0 Å². The van der Waals surface area contributed by atoms with Crippen molar-refractivity contribution in [1.29, 1.82) is 0 Å². The summed E-state index contributed by atoms with van der Waals surface area (Å²) in [6, 6.07) is 0. The molecule has 1 aromatic heterocycles. The summed E-state index contributed by atoms with van der Waals surface area (Å²) in [5.74, 6) is 1.73. The maximum absolute atomic E-state index is 5.62. The highest BCUT2D eigenvalue weighted by Crippen LogP contribution is 2.37. The van der Waals surface area contributed by atoms with Gasteiger partial charge < -0.3 is 9.84 Å². The van der Waals surface area contributed by atoms with Gasteiger partial charge in [-0.2, -0.15) is 4.98 Å². The molecule has 0 aromatic carbocycles. The molecule has 1 aliphatic heterocycles. The first-order valence-electron chi connectivity index (χ1n) is 7.49. The highest BCUT2D eigenvalue weighted by Gasteiger charge is 2.38. The molecule has 108 valence electrons. The van der Waals surface area contributed by atoms with Gasteiger partial charge in [-0.3, -0.25) is 0 Å². The lowest BCUT2D eigenvalue weighted by atomic mass is 9.75. The summed E-state index contributed by atoms with van der Waals surface area (Å²) in [7, 11) is 0. The quantitative estimate of drug-likeness (QED) is 0.909. The van der Waals surface area contributed by atoms with E-state index in [0.29, 0.717) is 0 Å². The van der Waals surface area contributed by atoms with Crippen molar-refractivity contribution in [2.45, 2.75) is 65.2 Å². The van der Waals surface area contributed by atoms with Crippen LogP contribution in [0.4, 0.5) is 0 Å². The Morgan fingerprint density at radius 1 is 1.26 bits per heavy atom. The maximum atomic E-state index is 5.62. The van der Waals surface area contributed by atoms with Gasteiger partial charge >= 0.3 is 0 Å². The molecule has 2 rings (SSSR count). The highest BCUT2D eigenvalue weighted by atomic mass is 16.5. The Hall–Kier alpha value is -0.900. The smallest absolute Gasteiger partial charge is 0.232 e. The number of hydrogen-bond donors (Lipinski definition) is 1. The molecule has 0 saturated carbocycles. The van der Waals surface area contributed by atoms with Crippen LogP contribution >= 0.6 is 0 Å². The fourth-order valence-electron chi connectivity index (χ4n) is 2.97. The molecule has 1 aliphatic rings. The second-order valence-electron chi connectivity index (χ2n) is 7.03. The first-order valence-corrected chi connectivity index (χ1v) is 7.49. The van der Waals surface area contributed by atoms with E-state index in [0.717, 1.165) is 56.9 Å². The zero-order chi connectivity index (χ0) is 13.9. The van der Waals surface area contributed by atoms with Gasteiger partial charge in [0.25, 0.3) is 0 Å². The molecule has 4 heteroatoms. The minimum Gasteiger partial charge on any atom is -0.339 e. The number of hydrogen-bond acceptors (Lipinski definition) is 4. The van der Waals surface area contributed by atoms with Crippen LogP contribution in [0.25, 0.3) is 0 Å². The van der Waals surface area contributed by atoms with Crippen molar-refractivity contribution in [2.75, 3.05) is 13.1 Å².